The number of allylic oxidation sites excluding steroid dienone is 2. The molecule has 130 valence electrons. The first-order chi connectivity index (χ1) is 12.5. The summed E-state index contributed by atoms with van der Waals surface area (Å²) < 4.78 is 0. The summed E-state index contributed by atoms with van der Waals surface area (Å²) in [7, 11) is 0. The number of phenolic OH excluding ortho intramolecular Hbond substituents is 1. The highest BCUT2D eigenvalue weighted by Crippen LogP contribution is 2.22. The second-order valence-corrected chi connectivity index (χ2v) is 6.21. The Morgan fingerprint density at radius 1 is 1.00 bits per heavy atom. The summed E-state index contributed by atoms with van der Waals surface area (Å²) in [5, 5.41) is 10.7. The number of nitrogens with one attached hydrogen (secondary N) is 1. The monoisotopic (exact) mass is 365 g/mol. The number of rotatable bonds is 6. The van der Waals surface area contributed by atoms with Crippen molar-refractivity contribution in [3.8, 4) is 5.75 Å². The summed E-state index contributed by atoms with van der Waals surface area (Å²) in [5.41, 5.74) is 2.47. The van der Waals surface area contributed by atoms with Crippen molar-refractivity contribution < 1.29 is 14.7 Å². The molecule has 0 aliphatic rings. The summed E-state index contributed by atoms with van der Waals surface area (Å²) in [4.78, 5) is 27.0. The van der Waals surface area contributed by atoms with E-state index in [2.05, 4.69) is 4.98 Å². The van der Waals surface area contributed by atoms with E-state index in [4.69, 9.17) is 11.6 Å². The molecular formula is C21H16ClNO3. The summed E-state index contributed by atoms with van der Waals surface area (Å²) in [6, 6.07) is 12.2. The molecule has 3 aromatic rings. The number of aromatic hydroxyl groups is 1. The van der Waals surface area contributed by atoms with Crippen LogP contribution in [0.4, 0.5) is 0 Å². The van der Waals surface area contributed by atoms with Crippen molar-refractivity contribution in [2.24, 2.45) is 0 Å². The molecule has 1 aromatic heterocycles. The molecule has 5 heteroatoms. The molecule has 1 heterocycles. The summed E-state index contributed by atoms with van der Waals surface area (Å²) in [5.74, 6) is -0.539. The van der Waals surface area contributed by atoms with E-state index >= 15 is 0 Å². The Morgan fingerprint density at radius 3 is 2.54 bits per heavy atom. The van der Waals surface area contributed by atoms with Crippen molar-refractivity contribution in [1.82, 2.24) is 4.98 Å². The van der Waals surface area contributed by atoms with Crippen molar-refractivity contribution in [1.29, 1.82) is 0 Å². The van der Waals surface area contributed by atoms with Gasteiger partial charge in [0.15, 0.2) is 11.6 Å². The Balaban J connectivity index is 1.59. The minimum absolute atomic E-state index is 0.0522. The van der Waals surface area contributed by atoms with Gasteiger partial charge in [0.2, 0.25) is 0 Å². The van der Waals surface area contributed by atoms with Crippen LogP contribution in [0.5, 0.6) is 5.75 Å². The van der Waals surface area contributed by atoms with Crippen LogP contribution in [0.2, 0.25) is 5.02 Å². The third-order valence-electron chi connectivity index (χ3n) is 3.82. The molecular weight excluding hydrogens is 350 g/mol. The van der Waals surface area contributed by atoms with E-state index in [0.717, 1.165) is 16.5 Å². The molecule has 0 radical (unpaired) electrons. The van der Waals surface area contributed by atoms with Crippen LogP contribution in [-0.4, -0.2) is 21.7 Å². The number of H-pyrrole nitrogens is 1. The maximum Gasteiger partial charge on any atom is 0.163 e. The Morgan fingerprint density at radius 2 is 1.77 bits per heavy atom. The topological polar surface area (TPSA) is 70.2 Å². The standard InChI is InChI=1S/C21H16ClNO3/c22-20-13-19(26)8-5-15(20)4-7-18(25)12-17(24)6-2-14-1-3-16-9-10-23-21(16)11-14/h1-11,13,23,26H,12H2/b6-2+,7-4+. The zero-order chi connectivity index (χ0) is 18.5. The number of aromatic amines is 1. The fourth-order valence-electron chi connectivity index (χ4n) is 2.48. The molecule has 0 atom stereocenters. The molecule has 2 aromatic carbocycles. The van der Waals surface area contributed by atoms with Gasteiger partial charge in [-0.3, -0.25) is 9.59 Å². The van der Waals surface area contributed by atoms with Crippen LogP contribution >= 0.6 is 11.6 Å². The van der Waals surface area contributed by atoms with Gasteiger partial charge in [0.1, 0.15) is 5.75 Å². The Labute approximate surface area is 155 Å². The van der Waals surface area contributed by atoms with Gasteiger partial charge < -0.3 is 10.1 Å². The third-order valence-corrected chi connectivity index (χ3v) is 4.15. The van der Waals surface area contributed by atoms with Crippen LogP contribution in [0.15, 0.2) is 60.8 Å². The van der Waals surface area contributed by atoms with Crippen LogP contribution in [0, 0.1) is 0 Å². The number of phenols is 1. The van der Waals surface area contributed by atoms with E-state index in [1.54, 1.807) is 12.1 Å². The lowest BCUT2D eigenvalue weighted by Gasteiger charge is -1.98. The summed E-state index contributed by atoms with van der Waals surface area (Å²) in [6.45, 7) is 0. The first-order valence-corrected chi connectivity index (χ1v) is 8.36. The number of ketones is 2. The average Bonchev–Trinajstić information content (AvgIpc) is 3.07. The molecule has 0 unspecified atom stereocenters. The third kappa shape index (κ3) is 4.49. The molecule has 2 N–H and O–H groups in total. The van der Waals surface area contributed by atoms with Crippen molar-refractivity contribution >= 4 is 46.2 Å². The van der Waals surface area contributed by atoms with Crippen LogP contribution in [0.1, 0.15) is 17.5 Å². The highest BCUT2D eigenvalue weighted by atomic mass is 35.5. The zero-order valence-corrected chi connectivity index (χ0v) is 14.5. The predicted molar refractivity (Wildman–Crippen MR) is 104 cm³/mol. The highest BCUT2D eigenvalue weighted by Gasteiger charge is 2.05. The van der Waals surface area contributed by atoms with Gasteiger partial charge in [-0.2, -0.15) is 0 Å². The summed E-state index contributed by atoms with van der Waals surface area (Å²) in [6.07, 6.45) is 7.58. The van der Waals surface area contributed by atoms with E-state index in [1.165, 1.54) is 30.4 Å². The fourth-order valence-corrected chi connectivity index (χ4v) is 2.72. The van der Waals surface area contributed by atoms with E-state index in [9.17, 15) is 14.7 Å². The predicted octanol–water partition coefficient (Wildman–Crippen LogP) is 4.78. The number of hydrogen-bond donors (Lipinski definition) is 2. The van der Waals surface area contributed by atoms with Gasteiger partial charge in [-0.15, -0.1) is 0 Å². The largest absolute Gasteiger partial charge is 0.508 e. The molecule has 0 spiro atoms. The molecule has 0 bridgehead atoms. The minimum atomic E-state index is -0.316. The van der Waals surface area contributed by atoms with Gasteiger partial charge in [-0.05, 0) is 65.1 Å². The van der Waals surface area contributed by atoms with E-state index < -0.39 is 0 Å². The second-order valence-electron chi connectivity index (χ2n) is 5.81. The van der Waals surface area contributed by atoms with Crippen LogP contribution in [0.25, 0.3) is 23.1 Å². The van der Waals surface area contributed by atoms with E-state index in [-0.39, 0.29) is 23.7 Å². The lowest BCUT2D eigenvalue weighted by atomic mass is 10.1. The molecule has 0 aliphatic carbocycles. The lowest BCUT2D eigenvalue weighted by Crippen LogP contribution is -2.01. The normalized spacial score (nSPS) is 11.6. The maximum absolute atomic E-state index is 12.0. The van der Waals surface area contributed by atoms with Crippen LogP contribution < -0.4 is 0 Å². The smallest absolute Gasteiger partial charge is 0.163 e. The van der Waals surface area contributed by atoms with E-state index in [0.29, 0.717) is 10.6 Å². The van der Waals surface area contributed by atoms with Gasteiger partial charge in [-0.1, -0.05) is 29.8 Å². The molecule has 3 rings (SSSR count). The molecule has 0 aliphatic heterocycles. The van der Waals surface area contributed by atoms with Gasteiger partial charge in [0, 0.05) is 11.7 Å². The van der Waals surface area contributed by atoms with Crippen molar-refractivity contribution in [2.45, 2.75) is 6.42 Å². The Kier molecular flexibility index (Phi) is 5.34. The number of carbonyl (C=O) groups excluding carboxylic acids is 2. The highest BCUT2D eigenvalue weighted by molar-refractivity contribution is 6.32. The van der Waals surface area contributed by atoms with Crippen molar-refractivity contribution in [3.63, 3.8) is 0 Å². The summed E-state index contributed by atoms with van der Waals surface area (Å²) >= 11 is 5.97. The van der Waals surface area contributed by atoms with Crippen molar-refractivity contribution in [2.75, 3.05) is 0 Å². The van der Waals surface area contributed by atoms with Crippen LogP contribution in [-0.2, 0) is 9.59 Å². The van der Waals surface area contributed by atoms with Gasteiger partial charge >= 0.3 is 0 Å². The Hall–Kier alpha value is -3.11. The first-order valence-electron chi connectivity index (χ1n) is 7.99. The second kappa shape index (κ2) is 7.85. The zero-order valence-electron chi connectivity index (χ0n) is 13.8. The Bertz CT molecular complexity index is 1030. The van der Waals surface area contributed by atoms with Crippen LogP contribution in [0.3, 0.4) is 0 Å². The van der Waals surface area contributed by atoms with E-state index in [1.807, 2.05) is 30.5 Å². The number of benzene rings is 2. The number of hydrogen-bond acceptors (Lipinski definition) is 3. The van der Waals surface area contributed by atoms with Gasteiger partial charge in [0.05, 0.1) is 11.4 Å². The quantitative estimate of drug-likeness (QED) is 0.487. The lowest BCUT2D eigenvalue weighted by molar-refractivity contribution is -0.121. The number of carbonyl (C=O) groups is 2. The number of halogens is 1. The maximum atomic E-state index is 12.0. The number of fused-ring (bicyclic) bond motifs is 1. The molecule has 0 fully saturated rings. The first kappa shape index (κ1) is 17.7. The fraction of sp³-hybridized carbons (Fsp3) is 0.0476. The molecule has 0 amide bonds. The van der Waals surface area contributed by atoms with Crippen molar-refractivity contribution in [3.05, 3.63) is 77.0 Å². The number of aromatic nitrogens is 1. The molecule has 26 heavy (non-hydrogen) atoms. The SMILES string of the molecule is O=C(/C=C/c1ccc2cc[nH]c2c1)CC(=O)/C=C/c1ccc(O)cc1Cl. The molecule has 0 saturated carbocycles. The molecule has 4 nitrogen and oxygen atoms in total. The van der Waals surface area contributed by atoms with Gasteiger partial charge in [-0.25, -0.2) is 0 Å². The minimum Gasteiger partial charge on any atom is -0.508 e. The van der Waals surface area contributed by atoms with Gasteiger partial charge in [0.25, 0.3) is 0 Å². The average molecular weight is 366 g/mol. The molecule has 0 saturated heterocycles.